The van der Waals surface area contributed by atoms with E-state index in [1.165, 1.54) is 5.57 Å². The van der Waals surface area contributed by atoms with Crippen LogP contribution in [0.5, 0.6) is 0 Å². The molecule has 0 atom stereocenters. The SMILES string of the molecule is CCC1=CN=CC=CC1. The second-order valence-corrected chi connectivity index (χ2v) is 2.07. The van der Waals surface area contributed by atoms with Crippen LogP contribution in [-0.4, -0.2) is 6.21 Å². The molecule has 0 bridgehead atoms. The van der Waals surface area contributed by atoms with Gasteiger partial charge in [0, 0.05) is 12.4 Å². The Hall–Kier alpha value is -0.850. The topological polar surface area (TPSA) is 12.4 Å². The molecule has 9 heavy (non-hydrogen) atoms. The van der Waals surface area contributed by atoms with Crippen molar-refractivity contribution >= 4 is 6.21 Å². The van der Waals surface area contributed by atoms with E-state index < -0.39 is 0 Å². The Bertz CT molecular complexity index is 163. The van der Waals surface area contributed by atoms with Gasteiger partial charge in [0.2, 0.25) is 0 Å². The summed E-state index contributed by atoms with van der Waals surface area (Å²) in [6, 6.07) is 0. The minimum atomic E-state index is 1.07. The van der Waals surface area contributed by atoms with Gasteiger partial charge in [-0.05, 0) is 24.5 Å². The van der Waals surface area contributed by atoms with Crippen LogP contribution in [-0.2, 0) is 0 Å². The minimum Gasteiger partial charge on any atom is -0.265 e. The minimum absolute atomic E-state index is 1.07. The molecule has 0 saturated heterocycles. The van der Waals surface area contributed by atoms with Crippen molar-refractivity contribution in [1.82, 2.24) is 0 Å². The van der Waals surface area contributed by atoms with Gasteiger partial charge in [0.05, 0.1) is 0 Å². The molecule has 1 aliphatic heterocycles. The molecule has 0 spiro atoms. The fourth-order valence-electron chi connectivity index (χ4n) is 0.767. The molecule has 0 aromatic carbocycles. The van der Waals surface area contributed by atoms with Crippen molar-refractivity contribution in [3.05, 3.63) is 23.9 Å². The molecule has 0 N–H and O–H groups in total. The molecule has 0 fully saturated rings. The summed E-state index contributed by atoms with van der Waals surface area (Å²) in [7, 11) is 0. The van der Waals surface area contributed by atoms with Gasteiger partial charge in [0.1, 0.15) is 0 Å². The second kappa shape index (κ2) is 3.23. The van der Waals surface area contributed by atoms with Gasteiger partial charge in [-0.3, -0.25) is 4.99 Å². The van der Waals surface area contributed by atoms with Crippen LogP contribution in [0, 0.1) is 0 Å². The van der Waals surface area contributed by atoms with E-state index >= 15 is 0 Å². The zero-order chi connectivity index (χ0) is 6.53. The molecule has 0 radical (unpaired) electrons. The van der Waals surface area contributed by atoms with Gasteiger partial charge in [0.25, 0.3) is 0 Å². The van der Waals surface area contributed by atoms with Crippen molar-refractivity contribution < 1.29 is 0 Å². The first-order valence-electron chi connectivity index (χ1n) is 3.29. The number of nitrogens with zero attached hydrogens (tertiary/aromatic N) is 1. The Morgan fingerprint density at radius 1 is 1.67 bits per heavy atom. The Labute approximate surface area is 55.8 Å². The lowest BCUT2D eigenvalue weighted by molar-refractivity contribution is 1.02. The van der Waals surface area contributed by atoms with E-state index in [-0.39, 0.29) is 0 Å². The first kappa shape index (κ1) is 6.27. The molecule has 1 aliphatic rings. The van der Waals surface area contributed by atoms with Gasteiger partial charge in [0.15, 0.2) is 0 Å². The van der Waals surface area contributed by atoms with E-state index in [0.29, 0.717) is 0 Å². The summed E-state index contributed by atoms with van der Waals surface area (Å²) in [5.41, 5.74) is 1.40. The van der Waals surface area contributed by atoms with Crippen molar-refractivity contribution in [2.75, 3.05) is 0 Å². The predicted octanol–water partition coefficient (Wildman–Crippen LogP) is 2.31. The molecule has 0 unspecified atom stereocenters. The summed E-state index contributed by atoms with van der Waals surface area (Å²) in [6.07, 6.45) is 10.1. The zero-order valence-electron chi connectivity index (χ0n) is 5.67. The predicted molar refractivity (Wildman–Crippen MR) is 40.6 cm³/mol. The molecule has 0 aliphatic carbocycles. The largest absolute Gasteiger partial charge is 0.265 e. The molecule has 48 valence electrons. The summed E-state index contributed by atoms with van der Waals surface area (Å²) in [6.45, 7) is 2.15. The maximum atomic E-state index is 4.05. The van der Waals surface area contributed by atoms with Crippen molar-refractivity contribution in [1.29, 1.82) is 0 Å². The van der Waals surface area contributed by atoms with Crippen LogP contribution in [0.15, 0.2) is 28.9 Å². The van der Waals surface area contributed by atoms with Crippen LogP contribution in [0.4, 0.5) is 0 Å². The molecule has 0 aromatic heterocycles. The number of rotatable bonds is 1. The smallest absolute Gasteiger partial charge is 0.0264 e. The Morgan fingerprint density at radius 3 is 3.33 bits per heavy atom. The number of hydrogen-bond donors (Lipinski definition) is 0. The van der Waals surface area contributed by atoms with E-state index in [9.17, 15) is 0 Å². The molecule has 1 heterocycles. The highest BCUT2D eigenvalue weighted by Crippen LogP contribution is 2.08. The van der Waals surface area contributed by atoms with E-state index in [4.69, 9.17) is 0 Å². The number of allylic oxidation sites excluding steroid dienone is 3. The third-order valence-electron chi connectivity index (χ3n) is 1.40. The van der Waals surface area contributed by atoms with E-state index in [2.05, 4.69) is 18.0 Å². The first-order valence-corrected chi connectivity index (χ1v) is 3.29. The van der Waals surface area contributed by atoms with Crippen LogP contribution >= 0.6 is 0 Å². The summed E-state index contributed by atoms with van der Waals surface area (Å²) < 4.78 is 0. The zero-order valence-corrected chi connectivity index (χ0v) is 5.67. The van der Waals surface area contributed by atoms with E-state index in [1.54, 1.807) is 0 Å². The number of aliphatic imine (C=N–C) groups is 1. The monoisotopic (exact) mass is 121 g/mol. The molecule has 1 heteroatoms. The average molecular weight is 121 g/mol. The van der Waals surface area contributed by atoms with Crippen molar-refractivity contribution in [2.45, 2.75) is 19.8 Å². The Kier molecular flexibility index (Phi) is 2.25. The fraction of sp³-hybridized carbons (Fsp3) is 0.375. The maximum absolute atomic E-state index is 4.05. The highest BCUT2D eigenvalue weighted by Gasteiger charge is 1.90. The molecule has 1 nitrogen and oxygen atoms in total. The summed E-state index contributed by atoms with van der Waals surface area (Å²) in [4.78, 5) is 4.05. The van der Waals surface area contributed by atoms with Crippen LogP contribution in [0.2, 0.25) is 0 Å². The van der Waals surface area contributed by atoms with Crippen molar-refractivity contribution in [2.24, 2.45) is 4.99 Å². The second-order valence-electron chi connectivity index (χ2n) is 2.07. The number of hydrogen-bond acceptors (Lipinski definition) is 1. The van der Waals surface area contributed by atoms with E-state index in [0.717, 1.165) is 12.8 Å². The third-order valence-corrected chi connectivity index (χ3v) is 1.40. The molecular formula is C8H11N. The van der Waals surface area contributed by atoms with E-state index in [1.807, 2.05) is 18.5 Å². The molecular weight excluding hydrogens is 110 g/mol. The van der Waals surface area contributed by atoms with Crippen LogP contribution in [0.3, 0.4) is 0 Å². The van der Waals surface area contributed by atoms with Crippen molar-refractivity contribution in [3.63, 3.8) is 0 Å². The maximum Gasteiger partial charge on any atom is 0.0264 e. The standard InChI is InChI=1S/C8H11N/c1-2-8-5-3-4-6-9-7-8/h3-4,6-7H,2,5H2,1H3. The van der Waals surface area contributed by atoms with Gasteiger partial charge < -0.3 is 0 Å². The van der Waals surface area contributed by atoms with Crippen LogP contribution in [0.1, 0.15) is 19.8 Å². The van der Waals surface area contributed by atoms with Crippen LogP contribution in [0.25, 0.3) is 0 Å². The molecule has 0 aromatic rings. The van der Waals surface area contributed by atoms with Gasteiger partial charge >= 0.3 is 0 Å². The Balaban J connectivity index is 2.62. The first-order chi connectivity index (χ1) is 4.43. The lowest BCUT2D eigenvalue weighted by Gasteiger charge is -1.93. The van der Waals surface area contributed by atoms with Gasteiger partial charge in [-0.2, -0.15) is 0 Å². The molecule has 1 rings (SSSR count). The highest BCUT2D eigenvalue weighted by atomic mass is 14.7. The molecule has 0 amide bonds. The molecule has 0 saturated carbocycles. The summed E-state index contributed by atoms with van der Waals surface area (Å²) >= 11 is 0. The lowest BCUT2D eigenvalue weighted by Crippen LogP contribution is -1.74. The third kappa shape index (κ3) is 1.84. The fourth-order valence-corrected chi connectivity index (χ4v) is 0.767. The highest BCUT2D eigenvalue weighted by molar-refractivity contribution is 5.72. The quantitative estimate of drug-likeness (QED) is 0.504. The summed E-state index contributed by atoms with van der Waals surface area (Å²) in [5, 5.41) is 0. The van der Waals surface area contributed by atoms with Crippen molar-refractivity contribution in [3.8, 4) is 0 Å². The lowest BCUT2D eigenvalue weighted by atomic mass is 10.1. The van der Waals surface area contributed by atoms with Gasteiger partial charge in [-0.15, -0.1) is 0 Å². The normalized spacial score (nSPS) is 17.2. The van der Waals surface area contributed by atoms with Gasteiger partial charge in [-0.1, -0.05) is 13.0 Å². The average Bonchev–Trinajstić information content (AvgIpc) is 2.13. The Morgan fingerprint density at radius 2 is 2.56 bits per heavy atom. The van der Waals surface area contributed by atoms with Gasteiger partial charge in [-0.25, -0.2) is 0 Å². The van der Waals surface area contributed by atoms with Crippen LogP contribution < -0.4 is 0 Å². The summed E-state index contributed by atoms with van der Waals surface area (Å²) in [5.74, 6) is 0.